The van der Waals surface area contributed by atoms with Gasteiger partial charge in [-0.25, -0.2) is 4.98 Å². The maximum Gasteiger partial charge on any atom is 0.138 e. The zero-order valence-electron chi connectivity index (χ0n) is 23.7. The molecule has 2 nitrogen and oxygen atoms in total. The molecule has 0 bridgehead atoms. The number of imidazole rings is 1. The van der Waals surface area contributed by atoms with E-state index in [0.717, 1.165) is 11.2 Å². The minimum Gasteiger partial charge on any atom is -0.290 e. The summed E-state index contributed by atoms with van der Waals surface area (Å²) in [5, 5.41) is 1.23. The van der Waals surface area contributed by atoms with E-state index in [9.17, 15) is 0 Å². The first-order valence-electron chi connectivity index (χ1n) is 14.8. The van der Waals surface area contributed by atoms with Crippen LogP contribution in [0.3, 0.4) is 0 Å². The van der Waals surface area contributed by atoms with Crippen LogP contribution in [0.1, 0.15) is 40.7 Å². The first-order valence-corrected chi connectivity index (χ1v) is 15.7. The fourth-order valence-electron chi connectivity index (χ4n) is 7.43. The lowest BCUT2D eigenvalue weighted by Crippen LogP contribution is -2.33. The number of fused-ring (bicyclic) bond motifs is 7. The molecule has 0 spiro atoms. The van der Waals surface area contributed by atoms with Gasteiger partial charge in [0.1, 0.15) is 16.0 Å². The van der Waals surface area contributed by atoms with Crippen molar-refractivity contribution in [2.45, 2.75) is 12.8 Å². The standard InChI is InChI=1S/C40H28N2S/c1-40-24-28(29-21-23-35-41-38-32-18-10-11-19-34(32)43-39(38)42(35)25-29)20-22-33(40)36(26-12-4-2-5-13-26)30-16-8-9-17-31(30)37(40)27-14-6-3-7-15-27/h2-25,37H,1H3. The molecule has 2 aliphatic carbocycles. The van der Waals surface area contributed by atoms with Crippen LogP contribution in [0, 0.1) is 5.41 Å². The van der Waals surface area contributed by atoms with Crippen molar-refractivity contribution < 1.29 is 0 Å². The Morgan fingerprint density at radius 3 is 2.33 bits per heavy atom. The van der Waals surface area contributed by atoms with Gasteiger partial charge < -0.3 is 0 Å². The van der Waals surface area contributed by atoms with E-state index >= 15 is 0 Å². The molecule has 3 aromatic heterocycles. The summed E-state index contributed by atoms with van der Waals surface area (Å²) < 4.78 is 3.55. The first kappa shape index (κ1) is 24.6. The Morgan fingerprint density at radius 1 is 0.721 bits per heavy atom. The Hall–Kier alpha value is -4.99. The van der Waals surface area contributed by atoms with E-state index < -0.39 is 0 Å². The topological polar surface area (TPSA) is 17.3 Å². The van der Waals surface area contributed by atoms with Gasteiger partial charge in [0.05, 0.1) is 0 Å². The molecule has 43 heavy (non-hydrogen) atoms. The van der Waals surface area contributed by atoms with Gasteiger partial charge in [0.15, 0.2) is 0 Å². The molecule has 4 aromatic carbocycles. The Kier molecular flexibility index (Phi) is 5.29. The molecule has 204 valence electrons. The highest BCUT2D eigenvalue weighted by Gasteiger charge is 2.45. The van der Waals surface area contributed by atoms with Crippen LogP contribution in [-0.4, -0.2) is 9.38 Å². The van der Waals surface area contributed by atoms with Crippen LogP contribution in [-0.2, 0) is 0 Å². The van der Waals surface area contributed by atoms with E-state index in [0.29, 0.717) is 0 Å². The molecule has 9 rings (SSSR count). The molecule has 0 saturated heterocycles. The molecule has 0 amide bonds. The average molecular weight is 569 g/mol. The van der Waals surface area contributed by atoms with Crippen molar-refractivity contribution in [1.29, 1.82) is 0 Å². The third-order valence-corrected chi connectivity index (χ3v) is 10.5. The summed E-state index contributed by atoms with van der Waals surface area (Å²) in [5.74, 6) is 0.179. The number of pyridine rings is 1. The number of benzene rings is 4. The van der Waals surface area contributed by atoms with Crippen molar-refractivity contribution in [2.24, 2.45) is 5.41 Å². The van der Waals surface area contributed by atoms with Gasteiger partial charge in [0.2, 0.25) is 0 Å². The van der Waals surface area contributed by atoms with Crippen molar-refractivity contribution in [3.05, 3.63) is 179 Å². The molecule has 2 aliphatic rings. The fraction of sp³-hybridized carbons (Fsp3) is 0.0750. The van der Waals surface area contributed by atoms with Gasteiger partial charge in [-0.2, -0.15) is 0 Å². The average Bonchev–Trinajstić information content (AvgIpc) is 3.60. The number of aromatic nitrogens is 2. The zero-order valence-corrected chi connectivity index (χ0v) is 24.6. The highest BCUT2D eigenvalue weighted by molar-refractivity contribution is 7.25. The number of allylic oxidation sites excluding steroid dienone is 5. The molecule has 3 heterocycles. The number of thiophene rings is 1. The number of nitrogens with zero attached hydrogens (tertiary/aromatic N) is 2. The lowest BCUT2D eigenvalue weighted by molar-refractivity contribution is 0.450. The van der Waals surface area contributed by atoms with Crippen LogP contribution in [0.2, 0.25) is 0 Å². The molecular formula is C40H28N2S. The second-order valence-electron chi connectivity index (χ2n) is 11.8. The lowest BCUT2D eigenvalue weighted by atomic mass is 9.57. The summed E-state index contributed by atoms with van der Waals surface area (Å²) in [6, 6.07) is 43.9. The van der Waals surface area contributed by atoms with E-state index in [-0.39, 0.29) is 11.3 Å². The van der Waals surface area contributed by atoms with Crippen molar-refractivity contribution in [1.82, 2.24) is 9.38 Å². The van der Waals surface area contributed by atoms with Crippen molar-refractivity contribution in [3.8, 4) is 0 Å². The third-order valence-electron chi connectivity index (χ3n) is 9.33. The predicted octanol–water partition coefficient (Wildman–Crippen LogP) is 10.3. The molecular weight excluding hydrogens is 541 g/mol. The maximum atomic E-state index is 5.02. The van der Waals surface area contributed by atoms with Crippen molar-refractivity contribution in [2.75, 3.05) is 0 Å². The van der Waals surface area contributed by atoms with E-state index in [1.807, 2.05) is 11.3 Å². The second-order valence-corrected chi connectivity index (χ2v) is 12.8. The molecule has 3 heteroatoms. The van der Waals surface area contributed by atoms with Crippen LogP contribution < -0.4 is 0 Å². The normalized spacial score (nSPS) is 19.6. The summed E-state index contributed by atoms with van der Waals surface area (Å²) in [6.07, 6.45) is 9.51. The quantitative estimate of drug-likeness (QED) is 0.207. The molecule has 7 aromatic rings. The maximum absolute atomic E-state index is 5.02. The Labute approximate surface area is 254 Å². The SMILES string of the molecule is CC12C=C(c3ccc4nc5c6ccccc6sc5n4c3)C=CC1=C(c1ccccc1)c1ccccc1C2c1ccccc1. The molecule has 0 aliphatic heterocycles. The third kappa shape index (κ3) is 3.62. The zero-order chi connectivity index (χ0) is 28.5. The van der Waals surface area contributed by atoms with E-state index in [1.165, 1.54) is 59.5 Å². The molecule has 2 atom stereocenters. The van der Waals surface area contributed by atoms with Gasteiger partial charge in [-0.15, -0.1) is 11.3 Å². The van der Waals surface area contributed by atoms with E-state index in [1.54, 1.807) is 0 Å². The van der Waals surface area contributed by atoms with Gasteiger partial charge in [-0.1, -0.05) is 128 Å². The van der Waals surface area contributed by atoms with Gasteiger partial charge in [0.25, 0.3) is 0 Å². The first-order chi connectivity index (χ1) is 21.2. The minimum atomic E-state index is -0.262. The summed E-state index contributed by atoms with van der Waals surface area (Å²) in [5.41, 5.74) is 12.2. The van der Waals surface area contributed by atoms with Crippen LogP contribution in [0.5, 0.6) is 0 Å². The fourth-order valence-corrected chi connectivity index (χ4v) is 8.55. The monoisotopic (exact) mass is 568 g/mol. The predicted molar refractivity (Wildman–Crippen MR) is 180 cm³/mol. The number of hydrogen-bond acceptors (Lipinski definition) is 2. The van der Waals surface area contributed by atoms with Gasteiger partial charge in [0, 0.05) is 27.6 Å². The van der Waals surface area contributed by atoms with Crippen molar-refractivity contribution >= 4 is 48.6 Å². The lowest BCUT2D eigenvalue weighted by Gasteiger charge is -2.45. The summed E-state index contributed by atoms with van der Waals surface area (Å²) in [6.45, 7) is 2.43. The highest BCUT2D eigenvalue weighted by atomic mass is 32.1. The molecule has 0 fully saturated rings. The van der Waals surface area contributed by atoms with Gasteiger partial charge in [-0.3, -0.25) is 4.40 Å². The molecule has 2 unspecified atom stereocenters. The minimum absolute atomic E-state index is 0.179. The smallest absolute Gasteiger partial charge is 0.138 e. The van der Waals surface area contributed by atoms with E-state index in [4.69, 9.17) is 4.98 Å². The van der Waals surface area contributed by atoms with Crippen LogP contribution in [0.25, 0.3) is 37.2 Å². The van der Waals surface area contributed by atoms with Crippen molar-refractivity contribution in [3.63, 3.8) is 0 Å². The Bertz CT molecular complexity index is 2300. The van der Waals surface area contributed by atoms with Crippen LogP contribution in [0.4, 0.5) is 0 Å². The summed E-state index contributed by atoms with van der Waals surface area (Å²) in [7, 11) is 0. The van der Waals surface area contributed by atoms with Crippen LogP contribution >= 0.6 is 11.3 Å². The Morgan fingerprint density at radius 2 is 1.47 bits per heavy atom. The van der Waals surface area contributed by atoms with Gasteiger partial charge >= 0.3 is 0 Å². The number of hydrogen-bond donors (Lipinski definition) is 0. The number of rotatable bonds is 3. The van der Waals surface area contributed by atoms with Crippen LogP contribution in [0.15, 0.2) is 151 Å². The Balaban J connectivity index is 1.28. The van der Waals surface area contributed by atoms with E-state index in [2.05, 4.69) is 157 Å². The highest BCUT2D eigenvalue weighted by Crippen LogP contribution is 2.58. The molecule has 0 saturated carbocycles. The second kappa shape index (κ2) is 9.26. The summed E-state index contributed by atoms with van der Waals surface area (Å²) in [4.78, 5) is 6.22. The summed E-state index contributed by atoms with van der Waals surface area (Å²) >= 11 is 1.81. The molecule has 0 radical (unpaired) electrons. The molecule has 0 N–H and O–H groups in total. The van der Waals surface area contributed by atoms with Gasteiger partial charge in [-0.05, 0) is 62.7 Å². The largest absolute Gasteiger partial charge is 0.290 e.